The van der Waals surface area contributed by atoms with E-state index in [0.29, 0.717) is 12.4 Å². The summed E-state index contributed by atoms with van der Waals surface area (Å²) in [4.78, 5) is 11.4. The quantitative estimate of drug-likeness (QED) is 0.210. The van der Waals surface area contributed by atoms with E-state index in [4.69, 9.17) is 16.6 Å². The van der Waals surface area contributed by atoms with Crippen LogP contribution in [0, 0.1) is 17.7 Å². The molecular formula is C32H23ClFN3. The fourth-order valence-corrected chi connectivity index (χ4v) is 4.09. The molecule has 3 aromatic carbocycles. The maximum atomic E-state index is 13.8. The number of pyridine rings is 1. The monoisotopic (exact) mass is 503 g/mol. The number of allylic oxidation sites excluding steroid dienone is 2. The molecule has 5 heteroatoms. The first-order valence-corrected chi connectivity index (χ1v) is 12.3. The number of nitrogens with zero attached hydrogens (tertiary/aromatic N) is 3. The lowest BCUT2D eigenvalue weighted by atomic mass is 10.0. The highest BCUT2D eigenvalue weighted by atomic mass is 35.5. The Morgan fingerprint density at radius 1 is 0.919 bits per heavy atom. The average molecular weight is 504 g/mol. The Labute approximate surface area is 221 Å². The normalized spacial score (nSPS) is 12.4. The van der Waals surface area contributed by atoms with E-state index in [1.54, 1.807) is 12.3 Å². The molecule has 0 radical (unpaired) electrons. The third-order valence-electron chi connectivity index (χ3n) is 5.75. The van der Waals surface area contributed by atoms with Gasteiger partial charge in [-0.25, -0.2) is 14.4 Å². The van der Waals surface area contributed by atoms with Gasteiger partial charge in [-0.15, -0.1) is 0 Å². The summed E-state index contributed by atoms with van der Waals surface area (Å²) in [6.45, 7) is 1.30. The molecule has 3 nitrogen and oxygen atoms in total. The first-order chi connectivity index (χ1) is 18.1. The summed E-state index contributed by atoms with van der Waals surface area (Å²) in [5.74, 6) is 6.64. The second-order valence-electron chi connectivity index (χ2n) is 8.51. The minimum absolute atomic E-state index is 0.130. The maximum absolute atomic E-state index is 13.8. The summed E-state index contributed by atoms with van der Waals surface area (Å²) in [5.41, 5.74) is 5.43. The van der Waals surface area contributed by atoms with Gasteiger partial charge in [-0.05, 0) is 35.9 Å². The summed E-state index contributed by atoms with van der Waals surface area (Å²) in [5, 5.41) is 0.130. The van der Waals surface area contributed by atoms with Crippen molar-refractivity contribution in [3.8, 4) is 11.8 Å². The Balaban J connectivity index is 1.38. The van der Waals surface area contributed by atoms with Crippen LogP contribution < -0.4 is 0 Å². The number of hydrogen-bond acceptors (Lipinski definition) is 3. The molecule has 0 fully saturated rings. The topological polar surface area (TPSA) is 28.5 Å². The number of aromatic nitrogens is 1. The Kier molecular flexibility index (Phi) is 7.55. The van der Waals surface area contributed by atoms with Crippen molar-refractivity contribution in [3.63, 3.8) is 0 Å². The van der Waals surface area contributed by atoms with Gasteiger partial charge in [-0.3, -0.25) is 0 Å². The Morgan fingerprint density at radius 3 is 2.35 bits per heavy atom. The van der Waals surface area contributed by atoms with Gasteiger partial charge in [-0.1, -0.05) is 96.2 Å². The molecule has 4 aromatic rings. The molecule has 0 spiro atoms. The molecule has 0 unspecified atom stereocenters. The van der Waals surface area contributed by atoms with Crippen LogP contribution in [-0.2, 0) is 6.54 Å². The minimum Gasteiger partial charge on any atom is -0.368 e. The lowest BCUT2D eigenvalue weighted by Crippen LogP contribution is -2.19. The highest BCUT2D eigenvalue weighted by Crippen LogP contribution is 2.19. The van der Waals surface area contributed by atoms with Gasteiger partial charge in [0.2, 0.25) is 0 Å². The van der Waals surface area contributed by atoms with E-state index in [9.17, 15) is 4.39 Å². The zero-order chi connectivity index (χ0) is 25.5. The van der Waals surface area contributed by atoms with Crippen molar-refractivity contribution in [3.05, 3.63) is 154 Å². The highest BCUT2D eigenvalue weighted by molar-refractivity contribution is 6.30. The molecule has 0 N–H and O–H groups in total. The fourth-order valence-electron chi connectivity index (χ4n) is 3.97. The Bertz CT molecular complexity index is 1510. The van der Waals surface area contributed by atoms with Crippen molar-refractivity contribution in [2.45, 2.75) is 6.54 Å². The molecule has 0 amide bonds. The average Bonchev–Trinajstić information content (AvgIpc) is 2.94. The van der Waals surface area contributed by atoms with Gasteiger partial charge in [0.25, 0.3) is 0 Å². The summed E-state index contributed by atoms with van der Waals surface area (Å²) in [6, 6.07) is 28.8. The van der Waals surface area contributed by atoms with E-state index in [1.165, 1.54) is 6.07 Å². The molecule has 5 rings (SSSR count). The maximum Gasteiger partial charge on any atom is 0.153 e. The van der Waals surface area contributed by atoms with Gasteiger partial charge in [0.15, 0.2) is 5.82 Å². The van der Waals surface area contributed by atoms with E-state index in [1.807, 2.05) is 97.2 Å². The number of hydrogen-bond donors (Lipinski definition) is 0. The predicted molar refractivity (Wildman–Crippen MR) is 148 cm³/mol. The van der Waals surface area contributed by atoms with Crippen LogP contribution >= 0.6 is 11.6 Å². The van der Waals surface area contributed by atoms with E-state index in [0.717, 1.165) is 40.1 Å². The molecule has 0 saturated carbocycles. The van der Waals surface area contributed by atoms with Crippen LogP contribution in [-0.4, -0.2) is 22.1 Å². The van der Waals surface area contributed by atoms with E-state index in [2.05, 4.69) is 21.7 Å². The zero-order valence-corrected chi connectivity index (χ0v) is 20.7. The molecule has 0 aliphatic carbocycles. The van der Waals surface area contributed by atoms with E-state index in [-0.39, 0.29) is 5.02 Å². The van der Waals surface area contributed by atoms with Gasteiger partial charge < -0.3 is 4.90 Å². The first kappa shape index (κ1) is 24.2. The SMILES string of the molecule is Fc1cc(CN2C=C(C#Cc3ccnc(N=C(c4ccccc4)c4ccccc4)c3)C=CC2)ccc1Cl. The summed E-state index contributed by atoms with van der Waals surface area (Å²) in [6.07, 6.45) is 7.76. The highest BCUT2D eigenvalue weighted by Gasteiger charge is 2.09. The van der Waals surface area contributed by atoms with Crippen LogP contribution in [0.25, 0.3) is 0 Å². The van der Waals surface area contributed by atoms with Crippen LogP contribution in [0.15, 0.2) is 126 Å². The van der Waals surface area contributed by atoms with Gasteiger partial charge >= 0.3 is 0 Å². The van der Waals surface area contributed by atoms with Crippen molar-refractivity contribution >= 4 is 23.1 Å². The summed E-state index contributed by atoms with van der Waals surface area (Å²) >= 11 is 5.80. The number of halogens is 2. The van der Waals surface area contributed by atoms with Gasteiger partial charge in [-0.2, -0.15) is 0 Å². The van der Waals surface area contributed by atoms with Crippen molar-refractivity contribution in [2.24, 2.45) is 4.99 Å². The molecule has 0 bridgehead atoms. The molecule has 0 saturated heterocycles. The Morgan fingerprint density at radius 2 is 1.65 bits per heavy atom. The molecular weight excluding hydrogens is 481 g/mol. The molecule has 1 aliphatic heterocycles. The predicted octanol–water partition coefficient (Wildman–Crippen LogP) is 7.35. The van der Waals surface area contributed by atoms with Crippen molar-refractivity contribution in [1.82, 2.24) is 9.88 Å². The van der Waals surface area contributed by atoms with Gasteiger partial charge in [0.05, 0.1) is 10.7 Å². The Hall–Kier alpha value is -4.46. The zero-order valence-electron chi connectivity index (χ0n) is 20.0. The summed E-state index contributed by atoms with van der Waals surface area (Å²) < 4.78 is 13.8. The minimum atomic E-state index is -0.408. The number of aliphatic imine (C=N–C) groups is 1. The standard InChI is InChI=1S/C32H23ClFN3/c33-29-16-15-26(20-30(29)34)23-37-19-7-8-25(22-37)14-13-24-17-18-35-31(21-24)36-32(27-9-3-1-4-10-27)28-11-5-2-6-12-28/h1-12,15-18,20-22H,19,23H2. The smallest absolute Gasteiger partial charge is 0.153 e. The third-order valence-corrected chi connectivity index (χ3v) is 6.05. The molecule has 0 atom stereocenters. The molecule has 180 valence electrons. The van der Waals surface area contributed by atoms with E-state index < -0.39 is 5.82 Å². The third kappa shape index (κ3) is 6.41. The summed E-state index contributed by atoms with van der Waals surface area (Å²) in [7, 11) is 0. The van der Waals surface area contributed by atoms with Crippen LogP contribution in [0.5, 0.6) is 0 Å². The van der Waals surface area contributed by atoms with Crippen molar-refractivity contribution in [1.29, 1.82) is 0 Å². The second kappa shape index (κ2) is 11.5. The van der Waals surface area contributed by atoms with Crippen LogP contribution in [0.2, 0.25) is 5.02 Å². The largest absolute Gasteiger partial charge is 0.368 e. The second-order valence-corrected chi connectivity index (χ2v) is 8.92. The first-order valence-electron chi connectivity index (χ1n) is 11.9. The number of rotatable bonds is 5. The number of benzene rings is 3. The lowest BCUT2D eigenvalue weighted by molar-refractivity contribution is 0.402. The molecule has 37 heavy (non-hydrogen) atoms. The molecule has 1 aliphatic rings. The van der Waals surface area contributed by atoms with Crippen molar-refractivity contribution < 1.29 is 4.39 Å². The molecule has 2 heterocycles. The van der Waals surface area contributed by atoms with Crippen LogP contribution in [0.1, 0.15) is 22.3 Å². The molecule has 1 aromatic heterocycles. The van der Waals surface area contributed by atoms with Crippen LogP contribution in [0.3, 0.4) is 0 Å². The fraction of sp³-hybridized carbons (Fsp3) is 0.0625. The van der Waals surface area contributed by atoms with Crippen molar-refractivity contribution in [2.75, 3.05) is 6.54 Å². The van der Waals surface area contributed by atoms with Crippen LogP contribution in [0.4, 0.5) is 10.2 Å². The van der Waals surface area contributed by atoms with Gasteiger partial charge in [0.1, 0.15) is 5.82 Å². The lowest BCUT2D eigenvalue weighted by Gasteiger charge is -2.22. The van der Waals surface area contributed by atoms with Gasteiger partial charge in [0, 0.05) is 47.7 Å². The van der Waals surface area contributed by atoms with E-state index >= 15 is 0 Å².